The first-order valence-electron chi connectivity index (χ1n) is 11.1. The highest BCUT2D eigenvalue weighted by atomic mass is 16.3. The number of benzene rings is 2. The summed E-state index contributed by atoms with van der Waals surface area (Å²) in [7, 11) is 0. The number of H-pyrrole nitrogens is 1. The first kappa shape index (κ1) is 21.0. The van der Waals surface area contributed by atoms with E-state index in [1.807, 2.05) is 73.8 Å². The van der Waals surface area contributed by atoms with Gasteiger partial charge in [-0.3, -0.25) is 15.1 Å². The van der Waals surface area contributed by atoms with Crippen molar-refractivity contribution in [1.82, 2.24) is 20.6 Å². The van der Waals surface area contributed by atoms with Gasteiger partial charge >= 0.3 is 0 Å². The van der Waals surface area contributed by atoms with Crippen molar-refractivity contribution < 1.29 is 9.21 Å². The molecular weight excluding hydrogens is 412 g/mol. The van der Waals surface area contributed by atoms with Crippen LogP contribution in [0.5, 0.6) is 0 Å². The highest BCUT2D eigenvalue weighted by molar-refractivity contribution is 5.89. The largest absolute Gasteiger partial charge is 0.460 e. The summed E-state index contributed by atoms with van der Waals surface area (Å²) in [5, 5.41) is 8.75. The zero-order valence-electron chi connectivity index (χ0n) is 18.5. The Balaban J connectivity index is 1.39. The summed E-state index contributed by atoms with van der Waals surface area (Å²) in [6.45, 7) is 2.83. The Labute approximate surface area is 192 Å². The van der Waals surface area contributed by atoms with Gasteiger partial charge in [0.25, 0.3) is 0 Å². The number of nitrogens with zero attached hydrogens (tertiary/aromatic N) is 1. The molecule has 3 heterocycles. The first-order chi connectivity index (χ1) is 16.1. The average molecular weight is 439 g/mol. The quantitative estimate of drug-likeness (QED) is 0.327. The third-order valence-electron chi connectivity index (χ3n) is 6.05. The maximum Gasteiger partial charge on any atom is 0.240 e. The highest BCUT2D eigenvalue weighted by Gasteiger charge is 2.34. The summed E-state index contributed by atoms with van der Waals surface area (Å²) in [6.07, 6.45) is 5.97. The summed E-state index contributed by atoms with van der Waals surface area (Å²) in [5.41, 5.74) is 3.14. The Bertz CT molecular complexity index is 1360. The number of nitrogens with one attached hydrogen (secondary N) is 3. The molecular formula is C27H26N4O2. The SMILES string of the molecule is CC(Cc1c[nH]c2ccccc12)(NCc1cc2ccccc2o1)C(=O)NCc1ccncc1. The molecule has 0 aliphatic heterocycles. The number of furan rings is 1. The fourth-order valence-corrected chi connectivity index (χ4v) is 4.17. The summed E-state index contributed by atoms with van der Waals surface area (Å²) in [4.78, 5) is 20.8. The predicted molar refractivity (Wildman–Crippen MR) is 130 cm³/mol. The number of carbonyl (C=O) groups is 1. The standard InChI is InChI=1S/C27H26N4O2/c1-27(26(32)30-16-19-10-12-28-13-11-19,15-21-17-29-24-8-4-3-7-23(21)24)31-18-22-14-20-6-2-5-9-25(20)33-22/h2-14,17,29,31H,15-16,18H2,1H3,(H,30,32). The number of para-hydroxylation sites is 2. The average Bonchev–Trinajstić information content (AvgIpc) is 3.46. The molecule has 6 heteroatoms. The van der Waals surface area contributed by atoms with E-state index < -0.39 is 5.54 Å². The Morgan fingerprint density at radius 2 is 1.82 bits per heavy atom. The lowest BCUT2D eigenvalue weighted by molar-refractivity contribution is -0.127. The van der Waals surface area contributed by atoms with E-state index in [9.17, 15) is 4.79 Å². The fraction of sp³-hybridized carbons (Fsp3) is 0.185. The topological polar surface area (TPSA) is 83.0 Å². The van der Waals surface area contributed by atoms with Crippen molar-refractivity contribution in [2.75, 3.05) is 0 Å². The monoisotopic (exact) mass is 438 g/mol. The van der Waals surface area contributed by atoms with Gasteiger partial charge in [-0.15, -0.1) is 0 Å². The molecule has 3 N–H and O–H groups in total. The third-order valence-corrected chi connectivity index (χ3v) is 6.05. The molecule has 0 bridgehead atoms. The number of pyridine rings is 1. The van der Waals surface area contributed by atoms with Gasteiger partial charge in [-0.25, -0.2) is 0 Å². The molecule has 0 aliphatic carbocycles. The van der Waals surface area contributed by atoms with Crippen molar-refractivity contribution >= 4 is 27.8 Å². The second-order valence-electron chi connectivity index (χ2n) is 8.51. The van der Waals surface area contributed by atoms with E-state index in [-0.39, 0.29) is 5.91 Å². The Hall–Kier alpha value is -3.90. The van der Waals surface area contributed by atoms with Gasteiger partial charge in [0, 0.05) is 47.8 Å². The minimum Gasteiger partial charge on any atom is -0.460 e. The van der Waals surface area contributed by atoms with Crippen molar-refractivity contribution in [3.8, 4) is 0 Å². The Morgan fingerprint density at radius 1 is 1.03 bits per heavy atom. The maximum absolute atomic E-state index is 13.5. The highest BCUT2D eigenvalue weighted by Crippen LogP contribution is 2.24. The minimum absolute atomic E-state index is 0.0688. The zero-order chi connectivity index (χ0) is 22.7. The van der Waals surface area contributed by atoms with E-state index in [1.54, 1.807) is 12.4 Å². The van der Waals surface area contributed by atoms with Gasteiger partial charge in [0.2, 0.25) is 5.91 Å². The predicted octanol–water partition coefficient (Wildman–Crippen LogP) is 4.72. The van der Waals surface area contributed by atoms with Crippen molar-refractivity contribution in [3.63, 3.8) is 0 Å². The van der Waals surface area contributed by atoms with Gasteiger partial charge < -0.3 is 14.7 Å². The van der Waals surface area contributed by atoms with Gasteiger partial charge in [-0.05, 0) is 48.4 Å². The van der Waals surface area contributed by atoms with E-state index in [0.717, 1.165) is 38.8 Å². The summed E-state index contributed by atoms with van der Waals surface area (Å²) in [6, 6.07) is 21.9. The molecule has 3 aromatic heterocycles. The van der Waals surface area contributed by atoms with Crippen LogP contribution >= 0.6 is 0 Å². The number of carbonyl (C=O) groups excluding carboxylic acids is 1. The van der Waals surface area contributed by atoms with Crippen molar-refractivity contribution in [2.45, 2.75) is 32.0 Å². The maximum atomic E-state index is 13.5. The molecule has 5 rings (SSSR count). The molecule has 1 unspecified atom stereocenters. The van der Waals surface area contributed by atoms with E-state index in [2.05, 4.69) is 26.7 Å². The van der Waals surface area contributed by atoms with Crippen LogP contribution in [-0.4, -0.2) is 21.4 Å². The lowest BCUT2D eigenvalue weighted by Gasteiger charge is -2.29. The van der Waals surface area contributed by atoms with Crippen molar-refractivity contribution in [3.05, 3.63) is 102 Å². The molecule has 0 radical (unpaired) electrons. The van der Waals surface area contributed by atoms with E-state index in [4.69, 9.17) is 4.42 Å². The third kappa shape index (κ3) is 4.52. The van der Waals surface area contributed by atoms with E-state index in [0.29, 0.717) is 19.5 Å². The van der Waals surface area contributed by atoms with Crippen LogP contribution in [0.15, 0.2) is 89.7 Å². The number of aromatic nitrogens is 2. The smallest absolute Gasteiger partial charge is 0.240 e. The molecule has 1 amide bonds. The van der Waals surface area contributed by atoms with Crippen LogP contribution in [0.4, 0.5) is 0 Å². The van der Waals surface area contributed by atoms with Crippen molar-refractivity contribution in [2.24, 2.45) is 0 Å². The van der Waals surface area contributed by atoms with Crippen LogP contribution in [0.2, 0.25) is 0 Å². The van der Waals surface area contributed by atoms with Crippen LogP contribution < -0.4 is 10.6 Å². The molecule has 0 spiro atoms. The van der Waals surface area contributed by atoms with Crippen molar-refractivity contribution in [1.29, 1.82) is 0 Å². The number of amides is 1. The van der Waals surface area contributed by atoms with Crippen LogP contribution in [0.3, 0.4) is 0 Å². The van der Waals surface area contributed by atoms with Crippen LogP contribution in [-0.2, 0) is 24.3 Å². The number of aromatic amines is 1. The van der Waals surface area contributed by atoms with Crippen LogP contribution in [0.25, 0.3) is 21.9 Å². The lowest BCUT2D eigenvalue weighted by Crippen LogP contribution is -2.55. The second-order valence-corrected chi connectivity index (χ2v) is 8.51. The normalized spacial score (nSPS) is 13.2. The summed E-state index contributed by atoms with van der Waals surface area (Å²) >= 11 is 0. The van der Waals surface area contributed by atoms with Gasteiger partial charge in [0.1, 0.15) is 11.3 Å². The van der Waals surface area contributed by atoms with Gasteiger partial charge in [0.05, 0.1) is 12.1 Å². The molecule has 2 aromatic carbocycles. The molecule has 0 saturated carbocycles. The molecule has 6 nitrogen and oxygen atoms in total. The summed E-state index contributed by atoms with van der Waals surface area (Å²) < 4.78 is 5.97. The lowest BCUT2D eigenvalue weighted by atomic mass is 9.91. The minimum atomic E-state index is -0.850. The summed E-state index contributed by atoms with van der Waals surface area (Å²) in [5.74, 6) is 0.726. The molecule has 1 atom stereocenters. The molecule has 166 valence electrons. The van der Waals surface area contributed by atoms with Gasteiger partial charge in [-0.2, -0.15) is 0 Å². The number of hydrogen-bond acceptors (Lipinski definition) is 4. The molecule has 33 heavy (non-hydrogen) atoms. The first-order valence-corrected chi connectivity index (χ1v) is 11.1. The molecule has 0 saturated heterocycles. The molecule has 0 aliphatic rings. The molecule has 5 aromatic rings. The van der Waals surface area contributed by atoms with E-state index in [1.165, 1.54) is 0 Å². The fourth-order valence-electron chi connectivity index (χ4n) is 4.17. The Kier molecular flexibility index (Phi) is 5.67. The number of fused-ring (bicyclic) bond motifs is 2. The number of hydrogen-bond donors (Lipinski definition) is 3. The number of rotatable bonds is 8. The zero-order valence-corrected chi connectivity index (χ0v) is 18.5. The van der Waals surface area contributed by atoms with E-state index >= 15 is 0 Å². The Morgan fingerprint density at radius 3 is 2.67 bits per heavy atom. The van der Waals surface area contributed by atoms with Crippen LogP contribution in [0.1, 0.15) is 23.8 Å². The molecule has 0 fully saturated rings. The van der Waals surface area contributed by atoms with Crippen LogP contribution in [0, 0.1) is 0 Å². The second kappa shape index (κ2) is 8.92. The van der Waals surface area contributed by atoms with Gasteiger partial charge in [-0.1, -0.05) is 36.4 Å². The van der Waals surface area contributed by atoms with Gasteiger partial charge in [0.15, 0.2) is 0 Å².